The Kier molecular flexibility index (Phi) is 24.1. The van der Waals surface area contributed by atoms with Crippen molar-refractivity contribution in [1.82, 2.24) is 0 Å². The minimum absolute atomic E-state index is 0.196. The van der Waals surface area contributed by atoms with Gasteiger partial charge in [0.1, 0.15) is 0 Å². The van der Waals surface area contributed by atoms with Gasteiger partial charge in [-0.25, -0.2) is 4.18 Å². The average Bonchev–Trinajstić information content (AvgIpc) is 2.54. The molecule has 0 aromatic rings. The molecular formula is C17H35NaO5S. The van der Waals surface area contributed by atoms with Crippen LogP contribution in [0.4, 0.5) is 0 Å². The van der Waals surface area contributed by atoms with Crippen LogP contribution in [0.3, 0.4) is 0 Å². The number of rotatable bonds is 16. The van der Waals surface area contributed by atoms with Crippen molar-refractivity contribution in [2.24, 2.45) is 0 Å². The molecule has 0 atom stereocenters. The topological polar surface area (TPSA) is 72.8 Å². The van der Waals surface area contributed by atoms with Crippen molar-refractivity contribution in [2.75, 3.05) is 19.8 Å². The van der Waals surface area contributed by atoms with E-state index in [0.717, 1.165) is 13.2 Å². The van der Waals surface area contributed by atoms with E-state index in [2.05, 4.69) is 17.7 Å². The van der Waals surface area contributed by atoms with Crippen LogP contribution >= 0.6 is 0 Å². The normalized spacial score (nSPS) is 11.0. The molecule has 0 rings (SSSR count). The fraction of sp³-hybridized carbons (Fsp3) is 0.882. The third-order valence-corrected chi connectivity index (χ3v) is 4.57. The zero-order valence-corrected chi connectivity index (χ0v) is 18.5. The molecule has 0 saturated heterocycles. The van der Waals surface area contributed by atoms with E-state index in [1.54, 1.807) is 0 Å². The van der Waals surface area contributed by atoms with Crippen molar-refractivity contribution in [2.45, 2.75) is 74.8 Å². The summed E-state index contributed by atoms with van der Waals surface area (Å²) in [5.41, 5.74) is 0. The third kappa shape index (κ3) is 30.5. The molecular weight excluding hydrogens is 339 g/mol. The molecule has 0 unspecified atom stereocenters. The summed E-state index contributed by atoms with van der Waals surface area (Å²) < 4.78 is 37.8. The fourth-order valence-electron chi connectivity index (χ4n) is 2.15. The van der Waals surface area contributed by atoms with Crippen LogP contribution in [0.15, 0.2) is 12.7 Å². The van der Waals surface area contributed by atoms with Gasteiger partial charge in [0.05, 0.1) is 6.61 Å². The Labute approximate surface area is 166 Å². The molecule has 0 aliphatic carbocycles. The van der Waals surface area contributed by atoms with Crippen LogP contribution in [0.5, 0.6) is 0 Å². The molecule has 1 N–H and O–H groups in total. The van der Waals surface area contributed by atoms with E-state index in [1.165, 1.54) is 102 Å². The summed E-state index contributed by atoms with van der Waals surface area (Å²) in [7, 11) is -4.26. The SMILES string of the molecule is C=CCOS(=O)(=O)O.CCOCCCCCCCCCCC[CH2][Na]. The Morgan fingerprint density at radius 2 is 1.42 bits per heavy atom. The Morgan fingerprint density at radius 3 is 1.75 bits per heavy atom. The first kappa shape index (κ1) is 26.8. The average molecular weight is 375 g/mol. The maximum absolute atomic E-state index is 9.68. The van der Waals surface area contributed by atoms with E-state index >= 15 is 0 Å². The first-order valence-corrected chi connectivity index (χ1v) is 12.1. The van der Waals surface area contributed by atoms with Gasteiger partial charge in [0, 0.05) is 6.61 Å². The van der Waals surface area contributed by atoms with Crippen LogP contribution in [-0.4, -0.2) is 60.7 Å². The van der Waals surface area contributed by atoms with Gasteiger partial charge in [0.25, 0.3) is 0 Å². The van der Waals surface area contributed by atoms with Crippen LogP contribution in [0.2, 0.25) is 3.67 Å². The maximum atomic E-state index is 9.68. The van der Waals surface area contributed by atoms with Crippen molar-refractivity contribution < 1.29 is 21.9 Å². The van der Waals surface area contributed by atoms with Gasteiger partial charge in [0.2, 0.25) is 0 Å². The van der Waals surface area contributed by atoms with Crippen LogP contribution < -0.4 is 0 Å². The molecule has 7 heteroatoms. The third-order valence-electron chi connectivity index (χ3n) is 3.43. The summed E-state index contributed by atoms with van der Waals surface area (Å²) in [6, 6.07) is 0. The summed E-state index contributed by atoms with van der Waals surface area (Å²) in [5, 5.41) is 0. The summed E-state index contributed by atoms with van der Waals surface area (Å²) in [4.78, 5) is 0. The van der Waals surface area contributed by atoms with E-state index < -0.39 is 10.4 Å². The molecule has 0 aromatic carbocycles. The second-order valence-electron chi connectivity index (χ2n) is 5.73. The molecule has 0 amide bonds. The van der Waals surface area contributed by atoms with Gasteiger partial charge in [0.15, 0.2) is 0 Å². The summed E-state index contributed by atoms with van der Waals surface area (Å²) >= 11 is 1.40. The van der Waals surface area contributed by atoms with E-state index in [4.69, 9.17) is 9.29 Å². The van der Waals surface area contributed by atoms with Gasteiger partial charge in [-0.2, -0.15) is 8.42 Å². The predicted molar refractivity (Wildman–Crippen MR) is 101 cm³/mol. The quantitative estimate of drug-likeness (QED) is 0.186. The van der Waals surface area contributed by atoms with Gasteiger partial charge < -0.3 is 4.74 Å². The van der Waals surface area contributed by atoms with Gasteiger partial charge in [-0.1, -0.05) is 6.08 Å². The molecule has 5 nitrogen and oxygen atoms in total. The van der Waals surface area contributed by atoms with Crippen molar-refractivity contribution in [3.05, 3.63) is 12.7 Å². The van der Waals surface area contributed by atoms with Crippen LogP contribution in [0, 0.1) is 0 Å². The zero-order chi connectivity index (χ0) is 18.5. The minimum atomic E-state index is -4.26. The zero-order valence-electron chi connectivity index (χ0n) is 15.7. The molecule has 0 fully saturated rings. The first-order chi connectivity index (χ1) is 11.5. The molecule has 0 spiro atoms. The fourth-order valence-corrected chi connectivity index (χ4v) is 2.91. The Bertz CT molecular complexity index is 333. The number of unbranched alkanes of at least 4 members (excludes halogenated alkanes) is 9. The van der Waals surface area contributed by atoms with E-state index in [9.17, 15) is 8.42 Å². The van der Waals surface area contributed by atoms with E-state index in [0.29, 0.717) is 0 Å². The van der Waals surface area contributed by atoms with Crippen molar-refractivity contribution >= 4 is 38.3 Å². The summed E-state index contributed by atoms with van der Waals surface area (Å²) in [5.74, 6) is 0. The number of hydrogen-bond donors (Lipinski definition) is 1. The molecule has 0 aliphatic heterocycles. The van der Waals surface area contributed by atoms with Gasteiger partial charge >= 0.3 is 113 Å². The number of hydrogen-bond acceptors (Lipinski definition) is 4. The summed E-state index contributed by atoms with van der Waals surface area (Å²) in [6.45, 7) is 6.88. The van der Waals surface area contributed by atoms with Gasteiger partial charge in [-0.15, -0.1) is 6.58 Å². The standard InChI is InChI=1S/C14H29O.C3H6O4S.Na/c1-3-5-6-7-8-9-10-11-12-13-14-15-4-2;1-2-3-7-8(4,5)6;/h1,3-14H2,2H3;2H,1,3H2,(H,4,5,6);. The van der Waals surface area contributed by atoms with Crippen LogP contribution in [0.1, 0.15) is 71.1 Å². The van der Waals surface area contributed by atoms with Gasteiger partial charge in [-0.05, 0) is 6.92 Å². The Balaban J connectivity index is 0. The van der Waals surface area contributed by atoms with Crippen LogP contribution in [-0.2, 0) is 19.3 Å². The van der Waals surface area contributed by atoms with Crippen LogP contribution in [0.25, 0.3) is 0 Å². The number of ether oxygens (including phenoxy) is 1. The molecule has 0 bridgehead atoms. The molecule has 0 aromatic heterocycles. The first-order valence-electron chi connectivity index (χ1n) is 9.28. The summed E-state index contributed by atoms with van der Waals surface area (Å²) in [6.07, 6.45) is 15.5. The molecule has 0 aliphatic rings. The Morgan fingerprint density at radius 1 is 0.958 bits per heavy atom. The van der Waals surface area contributed by atoms with E-state index in [1.807, 2.05) is 0 Å². The predicted octanol–water partition coefficient (Wildman–Crippen LogP) is 4.50. The van der Waals surface area contributed by atoms with Crippen molar-refractivity contribution in [1.29, 1.82) is 0 Å². The molecule has 24 heavy (non-hydrogen) atoms. The second-order valence-corrected chi connectivity index (χ2v) is 7.82. The van der Waals surface area contributed by atoms with Crippen molar-refractivity contribution in [3.63, 3.8) is 0 Å². The Hall–Kier alpha value is 0.570. The van der Waals surface area contributed by atoms with Crippen molar-refractivity contribution in [3.8, 4) is 0 Å². The second kappa shape index (κ2) is 21.6. The molecule has 0 heterocycles. The molecule has 0 saturated carbocycles. The van der Waals surface area contributed by atoms with Gasteiger partial charge in [-0.3, -0.25) is 4.55 Å². The molecule has 140 valence electrons. The monoisotopic (exact) mass is 374 g/mol. The molecule has 0 radical (unpaired) electrons. The van der Waals surface area contributed by atoms with E-state index in [-0.39, 0.29) is 6.61 Å².